The van der Waals surface area contributed by atoms with E-state index < -0.39 is 12.7 Å². The highest BCUT2D eigenvalue weighted by atomic mass is 19.3. The number of nitrogens with one attached hydrogen (secondary N) is 1. The molecule has 12 heteroatoms. The largest absolute Gasteiger partial charge is 0.347 e. The number of benzene rings is 1. The van der Waals surface area contributed by atoms with Gasteiger partial charge < -0.3 is 14.5 Å². The first kappa shape index (κ1) is 25.2. The summed E-state index contributed by atoms with van der Waals surface area (Å²) in [4.78, 5) is 18.1. The lowest BCUT2D eigenvalue weighted by atomic mass is 10.0. The molecule has 196 valence electrons. The Labute approximate surface area is 215 Å². The second-order valence-corrected chi connectivity index (χ2v) is 9.16. The predicted octanol–water partition coefficient (Wildman–Crippen LogP) is 5.57. The number of carbonyl (C=O) groups excluding carboxylic acids is 1. The molecule has 0 spiro atoms. The highest BCUT2D eigenvalue weighted by Gasteiger charge is 2.25. The Morgan fingerprint density at radius 1 is 1.08 bits per heavy atom. The van der Waals surface area contributed by atoms with E-state index in [0.29, 0.717) is 55.3 Å². The molecule has 5 rings (SSSR count). The number of amides is 1. The van der Waals surface area contributed by atoms with E-state index in [1.54, 1.807) is 49.8 Å². The second-order valence-electron chi connectivity index (χ2n) is 9.16. The molecule has 1 atom stereocenters. The zero-order chi connectivity index (χ0) is 27.1. The van der Waals surface area contributed by atoms with Crippen molar-refractivity contribution in [2.24, 2.45) is 7.05 Å². The van der Waals surface area contributed by atoms with Gasteiger partial charge in [-0.3, -0.25) is 4.79 Å². The van der Waals surface area contributed by atoms with Crippen molar-refractivity contribution in [2.75, 3.05) is 5.32 Å². The standard InChI is InChI=1S/C26H25F3N8O/c1-14(2)36-13-30-34-25(36)19-9-6-10-20(32-19)33-26(38)21-15(3)35(4)22-17(7-5-8-18(21)22)16-11-31-37(12-16)24(29)23(27)28/h5-14,23-24H,1-4H3,(H,32,33,38). The maximum absolute atomic E-state index is 13.8. The Balaban J connectivity index is 1.51. The fourth-order valence-corrected chi connectivity index (χ4v) is 4.50. The number of alkyl halides is 3. The first-order valence-corrected chi connectivity index (χ1v) is 11.9. The van der Waals surface area contributed by atoms with Gasteiger partial charge in [0, 0.05) is 41.5 Å². The third-order valence-corrected chi connectivity index (χ3v) is 6.46. The molecular weight excluding hydrogens is 497 g/mol. The number of aryl methyl sites for hydroxylation is 1. The normalized spacial score (nSPS) is 12.6. The van der Waals surface area contributed by atoms with Crippen LogP contribution >= 0.6 is 0 Å². The number of hydrogen-bond acceptors (Lipinski definition) is 5. The lowest BCUT2D eigenvalue weighted by Gasteiger charge is -2.11. The summed E-state index contributed by atoms with van der Waals surface area (Å²) in [5, 5.41) is 15.4. The van der Waals surface area contributed by atoms with E-state index >= 15 is 0 Å². The zero-order valence-corrected chi connectivity index (χ0v) is 21.1. The molecule has 5 aromatic rings. The van der Waals surface area contributed by atoms with E-state index in [0.717, 1.165) is 0 Å². The molecule has 0 aliphatic rings. The van der Waals surface area contributed by atoms with Gasteiger partial charge in [-0.25, -0.2) is 22.8 Å². The van der Waals surface area contributed by atoms with Gasteiger partial charge >= 0.3 is 0 Å². The van der Waals surface area contributed by atoms with Crippen LogP contribution in [0, 0.1) is 6.92 Å². The van der Waals surface area contributed by atoms with Crippen LogP contribution < -0.4 is 5.32 Å². The minimum Gasteiger partial charge on any atom is -0.347 e. The first-order chi connectivity index (χ1) is 18.2. The van der Waals surface area contributed by atoms with Gasteiger partial charge in [-0.1, -0.05) is 24.3 Å². The highest BCUT2D eigenvalue weighted by molar-refractivity contribution is 6.15. The fourth-order valence-electron chi connectivity index (χ4n) is 4.50. The number of hydrogen-bond donors (Lipinski definition) is 1. The number of pyridine rings is 1. The van der Waals surface area contributed by atoms with Crippen molar-refractivity contribution in [3.63, 3.8) is 0 Å². The van der Waals surface area contributed by atoms with Gasteiger partial charge in [0.05, 0.1) is 17.3 Å². The van der Waals surface area contributed by atoms with Crippen molar-refractivity contribution >= 4 is 22.6 Å². The van der Waals surface area contributed by atoms with Crippen LogP contribution in [0.2, 0.25) is 0 Å². The summed E-state index contributed by atoms with van der Waals surface area (Å²) in [5.74, 6) is 0.572. The van der Waals surface area contributed by atoms with Crippen molar-refractivity contribution < 1.29 is 18.0 Å². The average molecular weight is 523 g/mol. The summed E-state index contributed by atoms with van der Waals surface area (Å²) < 4.78 is 43.8. The molecule has 1 aromatic carbocycles. The summed E-state index contributed by atoms with van der Waals surface area (Å²) in [6.45, 7) is 5.83. The minimum atomic E-state index is -3.19. The Hall–Kier alpha value is -4.48. The molecule has 38 heavy (non-hydrogen) atoms. The number of halogens is 3. The predicted molar refractivity (Wildman–Crippen MR) is 137 cm³/mol. The Morgan fingerprint density at radius 3 is 2.58 bits per heavy atom. The van der Waals surface area contributed by atoms with Gasteiger partial charge in [0.1, 0.15) is 17.8 Å². The number of anilines is 1. The van der Waals surface area contributed by atoms with Crippen molar-refractivity contribution in [2.45, 2.75) is 39.5 Å². The molecule has 0 aliphatic heterocycles. The smallest absolute Gasteiger partial charge is 0.289 e. The fraction of sp³-hybridized carbons (Fsp3) is 0.269. The number of fused-ring (bicyclic) bond motifs is 1. The van der Waals surface area contributed by atoms with Gasteiger partial charge in [0.25, 0.3) is 18.6 Å². The Bertz CT molecular complexity index is 1630. The van der Waals surface area contributed by atoms with E-state index in [9.17, 15) is 18.0 Å². The number of carbonyl (C=O) groups is 1. The lowest BCUT2D eigenvalue weighted by molar-refractivity contribution is 0.000790. The van der Waals surface area contributed by atoms with Gasteiger partial charge in [0.15, 0.2) is 5.82 Å². The van der Waals surface area contributed by atoms with Crippen molar-refractivity contribution in [1.29, 1.82) is 0 Å². The number of nitrogens with zero attached hydrogens (tertiary/aromatic N) is 7. The molecule has 0 fully saturated rings. The summed E-state index contributed by atoms with van der Waals surface area (Å²) in [7, 11) is 1.80. The van der Waals surface area contributed by atoms with E-state index in [2.05, 4.69) is 25.6 Å². The van der Waals surface area contributed by atoms with Crippen LogP contribution in [-0.4, -0.2) is 46.4 Å². The molecule has 1 N–H and O–H groups in total. The van der Waals surface area contributed by atoms with Gasteiger partial charge in [-0.15, -0.1) is 10.2 Å². The SMILES string of the molecule is Cc1c(C(=O)Nc2cccc(-c3nncn3C(C)C)n2)c2cccc(-c3cnn(C(F)C(F)F)c3)c2n1C. The molecular formula is C26H25F3N8O. The maximum atomic E-state index is 13.8. The topological polar surface area (TPSA) is 95.5 Å². The third kappa shape index (κ3) is 4.31. The van der Waals surface area contributed by atoms with Crippen LogP contribution in [0.25, 0.3) is 33.5 Å². The molecule has 0 radical (unpaired) electrons. The number of aromatic nitrogens is 7. The molecule has 4 aromatic heterocycles. The van der Waals surface area contributed by atoms with Crippen molar-refractivity contribution in [3.8, 4) is 22.6 Å². The number of para-hydroxylation sites is 1. The quantitative estimate of drug-likeness (QED) is 0.302. The van der Waals surface area contributed by atoms with Crippen LogP contribution in [0.15, 0.2) is 55.1 Å². The molecule has 0 bridgehead atoms. The molecule has 0 saturated carbocycles. The van der Waals surface area contributed by atoms with Crippen molar-refractivity contribution in [1.82, 2.24) is 34.1 Å². The molecule has 1 unspecified atom stereocenters. The van der Waals surface area contributed by atoms with Crippen molar-refractivity contribution in [3.05, 3.63) is 66.4 Å². The van der Waals surface area contributed by atoms with Crippen LogP contribution in [0.5, 0.6) is 0 Å². The maximum Gasteiger partial charge on any atom is 0.289 e. The molecule has 1 amide bonds. The molecule has 4 heterocycles. The summed E-state index contributed by atoms with van der Waals surface area (Å²) in [5.41, 5.74) is 3.46. The molecule has 9 nitrogen and oxygen atoms in total. The van der Waals surface area contributed by atoms with E-state index in [4.69, 9.17) is 0 Å². The highest BCUT2D eigenvalue weighted by Crippen LogP contribution is 2.34. The van der Waals surface area contributed by atoms with Gasteiger partial charge in [-0.2, -0.15) is 5.10 Å². The van der Waals surface area contributed by atoms with E-state index in [1.165, 1.54) is 12.4 Å². The monoisotopic (exact) mass is 522 g/mol. The van der Waals surface area contributed by atoms with Gasteiger partial charge in [-0.05, 0) is 32.9 Å². The second kappa shape index (κ2) is 9.77. The Morgan fingerprint density at radius 2 is 1.84 bits per heavy atom. The average Bonchev–Trinajstić information content (AvgIpc) is 3.63. The van der Waals surface area contributed by atoms with Gasteiger partial charge in [0.2, 0.25) is 0 Å². The third-order valence-electron chi connectivity index (χ3n) is 6.46. The molecule has 0 saturated heterocycles. The zero-order valence-electron chi connectivity index (χ0n) is 21.1. The van der Waals surface area contributed by atoms with E-state index in [1.807, 2.05) is 29.9 Å². The van der Waals surface area contributed by atoms with E-state index in [-0.39, 0.29) is 11.9 Å². The Kier molecular flexibility index (Phi) is 6.47. The van der Waals surface area contributed by atoms with Crippen LogP contribution in [0.3, 0.4) is 0 Å². The van der Waals surface area contributed by atoms with Crippen LogP contribution in [-0.2, 0) is 7.05 Å². The first-order valence-electron chi connectivity index (χ1n) is 11.9. The lowest BCUT2D eigenvalue weighted by Crippen LogP contribution is -2.14. The summed E-state index contributed by atoms with van der Waals surface area (Å²) in [6, 6.07) is 10.7. The van der Waals surface area contributed by atoms with Crippen LogP contribution in [0.4, 0.5) is 19.0 Å². The number of rotatable bonds is 7. The summed E-state index contributed by atoms with van der Waals surface area (Å²) >= 11 is 0. The molecule has 0 aliphatic carbocycles. The van der Waals surface area contributed by atoms with Crippen LogP contribution in [0.1, 0.15) is 42.2 Å². The minimum absolute atomic E-state index is 0.130. The summed E-state index contributed by atoms with van der Waals surface area (Å²) in [6.07, 6.45) is -1.54.